The molecule has 1 amide bonds. The quantitative estimate of drug-likeness (QED) is 0.223. The Labute approximate surface area is 268 Å². The van der Waals surface area contributed by atoms with Crippen molar-refractivity contribution >= 4 is 39.2 Å². The van der Waals surface area contributed by atoms with Crippen molar-refractivity contribution in [1.29, 1.82) is 0 Å². The topological polar surface area (TPSA) is 82.4 Å². The van der Waals surface area contributed by atoms with E-state index in [2.05, 4.69) is 15.9 Å². The van der Waals surface area contributed by atoms with Crippen molar-refractivity contribution in [2.24, 2.45) is 4.99 Å². The second-order valence-electron chi connectivity index (χ2n) is 10.1. The van der Waals surface area contributed by atoms with Gasteiger partial charge in [-0.3, -0.25) is 14.2 Å². The fourth-order valence-corrected chi connectivity index (χ4v) is 6.93. The van der Waals surface area contributed by atoms with Crippen molar-refractivity contribution in [2.45, 2.75) is 33.4 Å². The van der Waals surface area contributed by atoms with Crippen LogP contribution in [0.15, 0.2) is 92.3 Å². The molecule has 5 rings (SSSR count). The molecule has 0 fully saturated rings. The van der Waals surface area contributed by atoms with E-state index in [1.807, 2.05) is 93.6 Å². The molecule has 1 atom stereocenters. The van der Waals surface area contributed by atoms with Crippen LogP contribution in [-0.4, -0.2) is 42.7 Å². The monoisotopic (exact) mass is 675 g/mol. The number of para-hydroxylation sites is 1. The van der Waals surface area contributed by atoms with E-state index in [-0.39, 0.29) is 11.5 Å². The molecule has 4 aromatic rings. The molecule has 3 aromatic carbocycles. The number of carbonyl (C=O) groups excluding carboxylic acids is 1. The molecule has 0 radical (unpaired) electrons. The van der Waals surface area contributed by atoms with Crippen LogP contribution in [0.3, 0.4) is 0 Å². The number of nitrogens with zero attached hydrogens (tertiary/aromatic N) is 3. The molecule has 1 aromatic heterocycles. The SMILES string of the molecule is CCN(CC)C(=O)C1=C(C)N=c2s/c(=C/c3cc(Br)c(OCc4ccccc4)c(OC)c3)c(=O)n2[C@@H]1c1ccccc1OC. The summed E-state index contributed by atoms with van der Waals surface area (Å²) in [6, 6.07) is 20.4. The first-order valence-electron chi connectivity index (χ1n) is 14.3. The number of likely N-dealkylation sites (N-methyl/N-ethyl adjacent to an activating group) is 1. The first kappa shape index (κ1) is 31.3. The van der Waals surface area contributed by atoms with Crippen molar-refractivity contribution in [1.82, 2.24) is 9.47 Å². The molecule has 10 heteroatoms. The van der Waals surface area contributed by atoms with Crippen molar-refractivity contribution in [3.05, 3.63) is 119 Å². The predicted octanol–water partition coefficient (Wildman–Crippen LogP) is 5.46. The highest BCUT2D eigenvalue weighted by atomic mass is 79.9. The van der Waals surface area contributed by atoms with Gasteiger partial charge in [0.25, 0.3) is 11.5 Å². The Morgan fingerprint density at radius 3 is 2.39 bits per heavy atom. The van der Waals surface area contributed by atoms with E-state index < -0.39 is 6.04 Å². The number of carbonyl (C=O) groups is 1. The molecule has 1 aliphatic rings. The van der Waals surface area contributed by atoms with Crippen LogP contribution in [0.25, 0.3) is 6.08 Å². The Bertz CT molecular complexity index is 1890. The van der Waals surface area contributed by atoms with Gasteiger partial charge in [-0.2, -0.15) is 0 Å². The fraction of sp³-hybridized carbons (Fsp3) is 0.265. The van der Waals surface area contributed by atoms with Gasteiger partial charge < -0.3 is 19.1 Å². The van der Waals surface area contributed by atoms with Crippen molar-refractivity contribution in [3.63, 3.8) is 0 Å². The second-order valence-corrected chi connectivity index (χ2v) is 12.0. The van der Waals surface area contributed by atoms with Crippen LogP contribution in [0.4, 0.5) is 0 Å². The number of thiazole rings is 1. The van der Waals surface area contributed by atoms with Gasteiger partial charge in [-0.05, 0) is 72.1 Å². The van der Waals surface area contributed by atoms with E-state index in [9.17, 15) is 9.59 Å². The molecule has 0 unspecified atom stereocenters. The van der Waals surface area contributed by atoms with Crippen molar-refractivity contribution in [3.8, 4) is 17.2 Å². The van der Waals surface area contributed by atoms with Crippen LogP contribution in [0, 0.1) is 0 Å². The maximum absolute atomic E-state index is 14.2. The highest BCUT2D eigenvalue weighted by Gasteiger charge is 2.35. The summed E-state index contributed by atoms with van der Waals surface area (Å²) in [7, 11) is 3.17. The number of aromatic nitrogens is 1. The number of fused-ring (bicyclic) bond motifs is 1. The molecule has 0 N–H and O–H groups in total. The first-order chi connectivity index (χ1) is 21.3. The number of halogens is 1. The fourth-order valence-electron chi connectivity index (χ4n) is 5.31. The molecule has 0 aliphatic carbocycles. The van der Waals surface area contributed by atoms with Gasteiger partial charge in [0, 0.05) is 18.7 Å². The molecule has 44 heavy (non-hydrogen) atoms. The lowest BCUT2D eigenvalue weighted by atomic mass is 9.94. The van der Waals surface area contributed by atoms with Crippen molar-refractivity contribution < 1.29 is 19.0 Å². The van der Waals surface area contributed by atoms with Gasteiger partial charge in [0.1, 0.15) is 18.4 Å². The Morgan fingerprint density at radius 2 is 1.70 bits per heavy atom. The predicted molar refractivity (Wildman–Crippen MR) is 176 cm³/mol. The lowest BCUT2D eigenvalue weighted by Gasteiger charge is -2.29. The molecule has 0 saturated heterocycles. The third-order valence-electron chi connectivity index (χ3n) is 7.51. The van der Waals surface area contributed by atoms with E-state index in [1.165, 1.54) is 11.3 Å². The minimum absolute atomic E-state index is 0.152. The lowest BCUT2D eigenvalue weighted by Crippen LogP contribution is -2.43. The number of methoxy groups -OCH3 is 2. The van der Waals surface area contributed by atoms with Crippen LogP contribution < -0.4 is 29.1 Å². The minimum Gasteiger partial charge on any atom is -0.496 e. The molecular weight excluding hydrogens is 642 g/mol. The van der Waals surface area contributed by atoms with E-state index in [0.717, 1.165) is 16.7 Å². The van der Waals surface area contributed by atoms with Gasteiger partial charge in [0.05, 0.1) is 34.5 Å². The molecule has 2 heterocycles. The van der Waals surface area contributed by atoms with Gasteiger partial charge in [0.15, 0.2) is 16.3 Å². The number of amides is 1. The molecule has 8 nitrogen and oxygen atoms in total. The largest absolute Gasteiger partial charge is 0.496 e. The van der Waals surface area contributed by atoms with Crippen LogP contribution in [0.1, 0.15) is 43.5 Å². The van der Waals surface area contributed by atoms with Gasteiger partial charge in [-0.25, -0.2) is 4.99 Å². The van der Waals surface area contributed by atoms with Crippen LogP contribution in [0.2, 0.25) is 0 Å². The Balaban J connectivity index is 1.62. The molecular formula is C34H34BrN3O5S. The standard InChI is InChI=1S/C34H34BrN3O5S/c1-6-37(7-2)33(40)29-21(3)36-34-38(30(29)24-15-11-12-16-26(24)41-4)32(39)28(44-34)19-23-17-25(35)31(27(18-23)42-5)43-20-22-13-9-8-10-14-22/h8-19,30H,6-7,20H2,1-5H3/b28-19+/t30-/m1/s1. The minimum atomic E-state index is -0.701. The second kappa shape index (κ2) is 13.7. The normalized spacial score (nSPS) is 14.6. The summed E-state index contributed by atoms with van der Waals surface area (Å²) in [6.07, 6.45) is 1.81. The number of allylic oxidation sites excluding steroid dienone is 1. The zero-order valence-corrected chi connectivity index (χ0v) is 27.7. The van der Waals surface area contributed by atoms with Gasteiger partial charge in [0.2, 0.25) is 0 Å². The zero-order chi connectivity index (χ0) is 31.4. The summed E-state index contributed by atoms with van der Waals surface area (Å²) in [5.74, 6) is 1.54. The maximum Gasteiger partial charge on any atom is 0.271 e. The van der Waals surface area contributed by atoms with E-state index in [4.69, 9.17) is 19.2 Å². The summed E-state index contributed by atoms with van der Waals surface area (Å²) < 4.78 is 20.2. The van der Waals surface area contributed by atoms with Crippen molar-refractivity contribution in [2.75, 3.05) is 27.3 Å². The highest BCUT2D eigenvalue weighted by Crippen LogP contribution is 2.38. The average molecular weight is 677 g/mol. The number of hydrogen-bond donors (Lipinski definition) is 0. The summed E-state index contributed by atoms with van der Waals surface area (Å²) in [5.41, 5.74) is 3.29. The Morgan fingerprint density at radius 1 is 1.02 bits per heavy atom. The number of ether oxygens (including phenoxy) is 3. The molecule has 1 aliphatic heterocycles. The summed E-state index contributed by atoms with van der Waals surface area (Å²) in [6.45, 7) is 7.16. The third-order valence-corrected chi connectivity index (χ3v) is 9.08. The highest BCUT2D eigenvalue weighted by molar-refractivity contribution is 9.10. The molecule has 0 bridgehead atoms. The number of hydrogen-bond acceptors (Lipinski definition) is 7. The summed E-state index contributed by atoms with van der Waals surface area (Å²) in [4.78, 5) is 35.1. The third kappa shape index (κ3) is 6.09. The summed E-state index contributed by atoms with van der Waals surface area (Å²) in [5, 5.41) is 0. The average Bonchev–Trinajstić information content (AvgIpc) is 3.34. The lowest BCUT2D eigenvalue weighted by molar-refractivity contribution is -0.127. The molecule has 0 saturated carbocycles. The molecule has 0 spiro atoms. The van der Waals surface area contributed by atoms with Gasteiger partial charge in [-0.1, -0.05) is 59.9 Å². The van der Waals surface area contributed by atoms with E-state index >= 15 is 0 Å². The number of rotatable bonds is 10. The van der Waals surface area contributed by atoms with E-state index in [0.29, 0.717) is 62.0 Å². The van der Waals surface area contributed by atoms with E-state index in [1.54, 1.807) is 23.7 Å². The summed E-state index contributed by atoms with van der Waals surface area (Å²) >= 11 is 4.91. The van der Waals surface area contributed by atoms with Gasteiger partial charge >= 0.3 is 0 Å². The zero-order valence-electron chi connectivity index (χ0n) is 25.3. The Kier molecular flexibility index (Phi) is 9.71. The van der Waals surface area contributed by atoms with Crippen LogP contribution in [-0.2, 0) is 11.4 Å². The van der Waals surface area contributed by atoms with Gasteiger partial charge in [-0.15, -0.1) is 0 Å². The van der Waals surface area contributed by atoms with Crippen LogP contribution >= 0.6 is 27.3 Å². The number of benzene rings is 3. The Hall–Kier alpha value is -4.15. The maximum atomic E-state index is 14.2. The van der Waals surface area contributed by atoms with Crippen LogP contribution in [0.5, 0.6) is 17.2 Å². The molecule has 228 valence electrons. The first-order valence-corrected chi connectivity index (χ1v) is 15.9. The smallest absolute Gasteiger partial charge is 0.271 e.